The SMILES string of the molecule is CC(C)c1ccccc1N1C(=O)CSC1=NC(=O)NC1CCC(c2ccc(-c3ncn(-c4ccc(OC(F)(F)F)cc4)n3)cc2)C1. The van der Waals surface area contributed by atoms with Crippen molar-refractivity contribution in [3.05, 3.63) is 90.3 Å². The number of aromatic nitrogens is 3. The molecule has 2 unspecified atom stereocenters. The molecule has 1 saturated heterocycles. The average molecular weight is 649 g/mol. The maximum absolute atomic E-state index is 13.0. The summed E-state index contributed by atoms with van der Waals surface area (Å²) >= 11 is 1.27. The van der Waals surface area contributed by atoms with E-state index in [9.17, 15) is 22.8 Å². The van der Waals surface area contributed by atoms with Crippen LogP contribution in [0.5, 0.6) is 5.75 Å². The molecule has 9 nitrogen and oxygen atoms in total. The largest absolute Gasteiger partial charge is 0.573 e. The number of halogens is 3. The van der Waals surface area contributed by atoms with Crippen molar-refractivity contribution < 1.29 is 27.5 Å². The van der Waals surface area contributed by atoms with Gasteiger partial charge in [-0.2, -0.15) is 4.99 Å². The molecule has 3 aromatic carbocycles. The van der Waals surface area contributed by atoms with Crippen molar-refractivity contribution in [1.82, 2.24) is 20.1 Å². The molecule has 4 aromatic rings. The van der Waals surface area contributed by atoms with Crippen LogP contribution in [-0.2, 0) is 4.79 Å². The molecule has 0 radical (unpaired) electrons. The number of carbonyl (C=O) groups excluding carboxylic acids is 2. The van der Waals surface area contributed by atoms with Gasteiger partial charge < -0.3 is 10.1 Å². The van der Waals surface area contributed by atoms with Crippen molar-refractivity contribution in [2.75, 3.05) is 10.7 Å². The molecule has 1 aromatic heterocycles. The number of alkyl halides is 3. The summed E-state index contributed by atoms with van der Waals surface area (Å²) in [5, 5.41) is 7.90. The molecule has 1 saturated carbocycles. The van der Waals surface area contributed by atoms with Gasteiger partial charge in [0.25, 0.3) is 0 Å². The molecule has 13 heteroatoms. The van der Waals surface area contributed by atoms with E-state index in [1.165, 1.54) is 47.0 Å². The lowest BCUT2D eigenvalue weighted by Gasteiger charge is -2.21. The second-order valence-electron chi connectivity index (χ2n) is 11.5. The van der Waals surface area contributed by atoms with Crippen LogP contribution in [0, 0.1) is 0 Å². The van der Waals surface area contributed by atoms with Crippen LogP contribution in [-0.4, -0.2) is 50.0 Å². The van der Waals surface area contributed by atoms with E-state index in [1.807, 2.05) is 48.5 Å². The van der Waals surface area contributed by atoms with Crippen LogP contribution in [0.15, 0.2) is 84.1 Å². The third-order valence-corrected chi connectivity index (χ3v) is 8.91. The van der Waals surface area contributed by atoms with E-state index in [4.69, 9.17) is 0 Å². The zero-order chi connectivity index (χ0) is 32.4. The molecule has 1 aliphatic heterocycles. The molecule has 1 N–H and O–H groups in total. The van der Waals surface area contributed by atoms with Crippen molar-refractivity contribution in [2.24, 2.45) is 4.99 Å². The zero-order valence-corrected chi connectivity index (χ0v) is 25.9. The fourth-order valence-corrected chi connectivity index (χ4v) is 6.65. The molecule has 238 valence electrons. The van der Waals surface area contributed by atoms with Gasteiger partial charge in [-0.15, -0.1) is 18.3 Å². The highest BCUT2D eigenvalue weighted by molar-refractivity contribution is 8.15. The fraction of sp³-hybridized carbons (Fsp3) is 0.303. The monoisotopic (exact) mass is 648 g/mol. The van der Waals surface area contributed by atoms with Crippen molar-refractivity contribution in [3.63, 3.8) is 0 Å². The smallest absolute Gasteiger partial charge is 0.406 e. The summed E-state index contributed by atoms with van der Waals surface area (Å²) in [6, 6.07) is 20.5. The number of thioether (sulfide) groups is 1. The molecule has 1 aliphatic carbocycles. The first kappa shape index (κ1) is 31.3. The highest BCUT2D eigenvalue weighted by Gasteiger charge is 2.33. The minimum atomic E-state index is -4.75. The highest BCUT2D eigenvalue weighted by Crippen LogP contribution is 2.36. The number of aliphatic imine (C=N–C) groups is 1. The Bertz CT molecular complexity index is 1760. The Kier molecular flexibility index (Phi) is 8.85. The van der Waals surface area contributed by atoms with Gasteiger partial charge in [-0.05, 0) is 72.6 Å². The van der Waals surface area contributed by atoms with E-state index in [-0.39, 0.29) is 35.3 Å². The number of nitrogens with zero attached hydrogens (tertiary/aromatic N) is 5. The topological polar surface area (TPSA) is 102 Å². The van der Waals surface area contributed by atoms with E-state index in [2.05, 4.69) is 39.0 Å². The summed E-state index contributed by atoms with van der Waals surface area (Å²) in [6.45, 7) is 4.13. The van der Waals surface area contributed by atoms with Crippen LogP contribution in [0.3, 0.4) is 0 Å². The third kappa shape index (κ3) is 7.09. The minimum absolute atomic E-state index is 0.0367. The van der Waals surface area contributed by atoms with Crippen molar-refractivity contribution in [2.45, 2.75) is 57.3 Å². The van der Waals surface area contributed by atoms with E-state index in [1.54, 1.807) is 4.90 Å². The van der Waals surface area contributed by atoms with Gasteiger partial charge in [0, 0.05) is 11.6 Å². The maximum Gasteiger partial charge on any atom is 0.573 e. The number of amides is 3. The predicted molar refractivity (Wildman–Crippen MR) is 170 cm³/mol. The van der Waals surface area contributed by atoms with Crippen LogP contribution in [0.2, 0.25) is 0 Å². The molecule has 0 spiro atoms. The Morgan fingerprint density at radius 3 is 2.50 bits per heavy atom. The lowest BCUT2D eigenvalue weighted by Crippen LogP contribution is -2.34. The number of hydrogen-bond acceptors (Lipinski definition) is 6. The number of hydrogen-bond donors (Lipinski definition) is 1. The second-order valence-corrected chi connectivity index (χ2v) is 12.4. The van der Waals surface area contributed by atoms with E-state index in [0.717, 1.165) is 41.6 Å². The molecule has 6 rings (SSSR count). The molecule has 2 fully saturated rings. The fourth-order valence-electron chi connectivity index (χ4n) is 5.79. The number of rotatable bonds is 7. The Morgan fingerprint density at radius 2 is 1.78 bits per heavy atom. The number of amidine groups is 1. The van der Waals surface area contributed by atoms with Crippen molar-refractivity contribution in [3.8, 4) is 22.8 Å². The zero-order valence-electron chi connectivity index (χ0n) is 25.1. The first-order valence-electron chi connectivity index (χ1n) is 14.9. The van der Waals surface area contributed by atoms with Gasteiger partial charge in [-0.3, -0.25) is 9.69 Å². The standard InChI is InChI=1S/C33H31F3N6O3S/c1-20(2)27-5-3-4-6-28(27)42-29(43)18-46-32(42)39-31(44)38-24-12-11-23(17-24)21-7-9-22(10-8-21)30-37-19-41(40-30)25-13-15-26(16-14-25)45-33(34,35)36/h3-10,13-16,19-20,23-24H,11-12,17-18H2,1-2H3,(H,38,44). The van der Waals surface area contributed by atoms with Gasteiger partial charge >= 0.3 is 12.4 Å². The Balaban J connectivity index is 1.06. The second kappa shape index (κ2) is 13.0. The van der Waals surface area contributed by atoms with Crippen LogP contribution >= 0.6 is 11.8 Å². The third-order valence-electron chi connectivity index (χ3n) is 7.99. The number of nitrogens with one attached hydrogen (secondary N) is 1. The van der Waals surface area contributed by atoms with E-state index < -0.39 is 12.4 Å². The number of carbonyl (C=O) groups is 2. The van der Waals surface area contributed by atoms with Gasteiger partial charge in [0.1, 0.15) is 12.1 Å². The van der Waals surface area contributed by atoms with Gasteiger partial charge in [0.15, 0.2) is 11.0 Å². The summed E-state index contributed by atoms with van der Waals surface area (Å²) in [4.78, 5) is 35.9. The van der Waals surface area contributed by atoms with Crippen LogP contribution in [0.4, 0.5) is 23.7 Å². The average Bonchev–Trinajstić information content (AvgIpc) is 3.78. The van der Waals surface area contributed by atoms with E-state index >= 15 is 0 Å². The first-order valence-corrected chi connectivity index (χ1v) is 15.8. The minimum Gasteiger partial charge on any atom is -0.406 e. The summed E-state index contributed by atoms with van der Waals surface area (Å²) in [5.74, 6) is 0.777. The van der Waals surface area contributed by atoms with Crippen LogP contribution in [0.25, 0.3) is 17.1 Å². The summed E-state index contributed by atoms with van der Waals surface area (Å²) in [5.41, 5.74) is 4.26. The summed E-state index contributed by atoms with van der Waals surface area (Å²) in [7, 11) is 0. The molecular weight excluding hydrogens is 617 g/mol. The number of anilines is 1. The quantitative estimate of drug-likeness (QED) is 0.224. The normalized spacial score (nSPS) is 19.3. The van der Waals surface area contributed by atoms with Gasteiger partial charge in [-0.1, -0.05) is 68.1 Å². The van der Waals surface area contributed by atoms with Crippen molar-refractivity contribution >= 4 is 34.6 Å². The molecule has 3 amide bonds. The molecular formula is C33H31F3N6O3S. The summed E-state index contributed by atoms with van der Waals surface area (Å²) in [6.07, 6.45) is -0.769. The Morgan fingerprint density at radius 1 is 1.04 bits per heavy atom. The number of ether oxygens (including phenoxy) is 1. The number of benzene rings is 3. The Hall–Kier alpha value is -4.65. The number of urea groups is 1. The van der Waals surface area contributed by atoms with Gasteiger partial charge in [0.05, 0.1) is 17.1 Å². The molecule has 46 heavy (non-hydrogen) atoms. The molecule has 2 atom stereocenters. The first-order chi connectivity index (χ1) is 22.0. The Labute approximate surface area is 267 Å². The predicted octanol–water partition coefficient (Wildman–Crippen LogP) is 7.44. The lowest BCUT2D eigenvalue weighted by atomic mass is 9.96. The van der Waals surface area contributed by atoms with Crippen LogP contribution < -0.4 is 15.0 Å². The lowest BCUT2D eigenvalue weighted by molar-refractivity contribution is -0.274. The van der Waals surface area contributed by atoms with E-state index in [0.29, 0.717) is 16.7 Å². The van der Waals surface area contributed by atoms with Gasteiger partial charge in [-0.25, -0.2) is 14.5 Å². The molecule has 2 heterocycles. The van der Waals surface area contributed by atoms with Crippen molar-refractivity contribution in [1.29, 1.82) is 0 Å². The summed E-state index contributed by atoms with van der Waals surface area (Å²) < 4.78 is 42.7. The van der Waals surface area contributed by atoms with Gasteiger partial charge in [0.2, 0.25) is 5.91 Å². The number of para-hydroxylation sites is 1. The highest BCUT2D eigenvalue weighted by atomic mass is 32.2. The molecule has 0 bridgehead atoms. The molecule has 2 aliphatic rings. The van der Waals surface area contributed by atoms with Crippen LogP contribution in [0.1, 0.15) is 56.1 Å². The maximum atomic E-state index is 13.0.